The predicted octanol–water partition coefficient (Wildman–Crippen LogP) is 3.69. The van der Waals surface area contributed by atoms with E-state index in [9.17, 15) is 4.79 Å². The van der Waals surface area contributed by atoms with Crippen molar-refractivity contribution in [2.75, 3.05) is 7.11 Å². The van der Waals surface area contributed by atoms with Crippen molar-refractivity contribution in [1.82, 2.24) is 5.43 Å². The zero-order valence-corrected chi connectivity index (χ0v) is 14.7. The topological polar surface area (TPSA) is 50.7 Å². The van der Waals surface area contributed by atoms with Crippen molar-refractivity contribution in [1.29, 1.82) is 0 Å². The Hall–Kier alpha value is -2.62. The second-order valence-corrected chi connectivity index (χ2v) is 6.69. The Morgan fingerprint density at radius 2 is 1.71 bits per heavy atom. The van der Waals surface area contributed by atoms with E-state index in [4.69, 9.17) is 4.74 Å². The maximum absolute atomic E-state index is 11.9. The third-order valence-electron chi connectivity index (χ3n) is 3.70. The van der Waals surface area contributed by atoms with Crippen LogP contribution < -0.4 is 10.2 Å². The second-order valence-electron chi connectivity index (χ2n) is 6.69. The average molecular weight is 324 g/mol. The number of carbonyl (C=O) groups is 1. The van der Waals surface area contributed by atoms with E-state index in [0.717, 1.165) is 16.9 Å². The number of carbonyl (C=O) groups excluding carboxylic acids is 1. The molecule has 0 bridgehead atoms. The van der Waals surface area contributed by atoms with E-state index in [1.54, 1.807) is 13.3 Å². The summed E-state index contributed by atoms with van der Waals surface area (Å²) in [6, 6.07) is 15.6. The van der Waals surface area contributed by atoms with Gasteiger partial charge in [0.15, 0.2) is 0 Å². The Labute approximate surface area is 143 Å². The monoisotopic (exact) mass is 324 g/mol. The number of nitrogens with one attached hydrogen (secondary N) is 1. The first-order chi connectivity index (χ1) is 11.4. The fourth-order valence-electron chi connectivity index (χ4n) is 2.22. The van der Waals surface area contributed by atoms with E-state index < -0.39 is 0 Å². The molecule has 4 heteroatoms. The molecule has 0 atom stereocenters. The first-order valence-electron chi connectivity index (χ1n) is 7.94. The standard InChI is InChI=1S/C20H24N2O2/c1-20(2,3)17-9-5-16(6-10-17)14-21-22-19(23)13-15-7-11-18(24-4)12-8-15/h5-12,14H,13H2,1-4H3,(H,22,23)/b21-14-. The summed E-state index contributed by atoms with van der Waals surface area (Å²) in [7, 11) is 1.62. The van der Waals surface area contributed by atoms with Crippen LogP contribution >= 0.6 is 0 Å². The van der Waals surface area contributed by atoms with Crippen LogP contribution in [0.25, 0.3) is 0 Å². The molecule has 0 heterocycles. The molecule has 4 nitrogen and oxygen atoms in total. The molecule has 2 aromatic rings. The van der Waals surface area contributed by atoms with Crippen molar-refractivity contribution in [3.8, 4) is 5.75 Å². The number of hydrogen-bond acceptors (Lipinski definition) is 3. The van der Waals surface area contributed by atoms with E-state index in [1.807, 2.05) is 36.4 Å². The molecule has 0 aliphatic heterocycles. The molecule has 2 aromatic carbocycles. The van der Waals surface area contributed by atoms with Crippen LogP contribution in [0, 0.1) is 0 Å². The highest BCUT2D eigenvalue weighted by Crippen LogP contribution is 2.21. The molecule has 0 aromatic heterocycles. The summed E-state index contributed by atoms with van der Waals surface area (Å²) in [5.41, 5.74) is 5.81. The van der Waals surface area contributed by atoms with Crippen molar-refractivity contribution in [2.45, 2.75) is 32.6 Å². The lowest BCUT2D eigenvalue weighted by Crippen LogP contribution is -2.19. The Morgan fingerprint density at radius 3 is 2.25 bits per heavy atom. The summed E-state index contributed by atoms with van der Waals surface area (Å²) >= 11 is 0. The van der Waals surface area contributed by atoms with Gasteiger partial charge in [0.25, 0.3) is 0 Å². The van der Waals surface area contributed by atoms with Crippen LogP contribution in [0.1, 0.15) is 37.5 Å². The van der Waals surface area contributed by atoms with E-state index >= 15 is 0 Å². The van der Waals surface area contributed by atoms with E-state index in [-0.39, 0.29) is 17.7 Å². The SMILES string of the molecule is COc1ccc(CC(=O)N/N=C\c2ccc(C(C)(C)C)cc2)cc1. The second kappa shape index (κ2) is 7.77. The molecular weight excluding hydrogens is 300 g/mol. The molecule has 0 aliphatic rings. The smallest absolute Gasteiger partial charge is 0.244 e. The van der Waals surface area contributed by atoms with Crippen molar-refractivity contribution in [3.63, 3.8) is 0 Å². The number of rotatable bonds is 5. The van der Waals surface area contributed by atoms with Crippen LogP contribution in [0.15, 0.2) is 53.6 Å². The Balaban J connectivity index is 1.87. The van der Waals surface area contributed by atoms with Gasteiger partial charge in [-0.25, -0.2) is 5.43 Å². The largest absolute Gasteiger partial charge is 0.497 e. The molecule has 24 heavy (non-hydrogen) atoms. The highest BCUT2D eigenvalue weighted by molar-refractivity contribution is 5.83. The summed E-state index contributed by atoms with van der Waals surface area (Å²) in [5, 5.41) is 4.01. The van der Waals surface area contributed by atoms with Crippen LogP contribution in [0.2, 0.25) is 0 Å². The first kappa shape index (κ1) is 17.7. The molecule has 0 fully saturated rings. The summed E-state index contributed by atoms with van der Waals surface area (Å²) in [4.78, 5) is 11.9. The van der Waals surface area contributed by atoms with Crippen molar-refractivity contribution < 1.29 is 9.53 Å². The number of methoxy groups -OCH3 is 1. The normalized spacial score (nSPS) is 11.5. The van der Waals surface area contributed by atoms with E-state index in [1.165, 1.54) is 5.56 Å². The van der Waals surface area contributed by atoms with Gasteiger partial charge in [0.2, 0.25) is 5.91 Å². The number of nitrogens with zero attached hydrogens (tertiary/aromatic N) is 1. The third kappa shape index (κ3) is 5.23. The van der Waals surface area contributed by atoms with Gasteiger partial charge in [0.05, 0.1) is 19.7 Å². The number of hydrazone groups is 1. The Kier molecular flexibility index (Phi) is 5.74. The molecule has 1 amide bonds. The van der Waals surface area contributed by atoms with E-state index in [2.05, 4.69) is 43.4 Å². The summed E-state index contributed by atoms with van der Waals surface area (Å²) in [5.74, 6) is 0.624. The molecule has 0 aliphatic carbocycles. The van der Waals surface area contributed by atoms with Crippen molar-refractivity contribution in [2.24, 2.45) is 5.10 Å². The Bertz CT molecular complexity index is 696. The number of amides is 1. The minimum atomic E-state index is -0.150. The molecule has 0 radical (unpaired) electrons. The molecule has 0 unspecified atom stereocenters. The average Bonchev–Trinajstić information content (AvgIpc) is 2.55. The third-order valence-corrected chi connectivity index (χ3v) is 3.70. The zero-order valence-electron chi connectivity index (χ0n) is 14.7. The Morgan fingerprint density at radius 1 is 1.08 bits per heavy atom. The van der Waals surface area contributed by atoms with Gasteiger partial charge in [-0.3, -0.25) is 4.79 Å². The molecule has 0 saturated carbocycles. The first-order valence-corrected chi connectivity index (χ1v) is 7.94. The number of hydrogen-bond donors (Lipinski definition) is 1. The van der Waals surface area contributed by atoms with Crippen LogP contribution in [0.5, 0.6) is 5.75 Å². The lowest BCUT2D eigenvalue weighted by Gasteiger charge is -2.18. The molecule has 2 rings (SSSR count). The minimum absolute atomic E-state index is 0.127. The van der Waals surface area contributed by atoms with Crippen LogP contribution in [0.4, 0.5) is 0 Å². The lowest BCUT2D eigenvalue weighted by atomic mass is 9.87. The quantitative estimate of drug-likeness (QED) is 0.674. The maximum Gasteiger partial charge on any atom is 0.244 e. The van der Waals surface area contributed by atoms with Gasteiger partial charge in [0.1, 0.15) is 5.75 Å². The van der Waals surface area contributed by atoms with Gasteiger partial charge in [-0.1, -0.05) is 57.2 Å². The predicted molar refractivity (Wildman–Crippen MR) is 97.6 cm³/mol. The van der Waals surface area contributed by atoms with Gasteiger partial charge < -0.3 is 4.74 Å². The fraction of sp³-hybridized carbons (Fsp3) is 0.300. The van der Waals surface area contributed by atoms with Crippen molar-refractivity contribution >= 4 is 12.1 Å². The number of ether oxygens (including phenoxy) is 1. The van der Waals surface area contributed by atoms with Crippen molar-refractivity contribution in [3.05, 3.63) is 65.2 Å². The molecule has 0 spiro atoms. The van der Waals surface area contributed by atoms with Crippen LogP contribution in [0.3, 0.4) is 0 Å². The number of benzene rings is 2. The summed E-state index contributed by atoms with van der Waals surface area (Å²) < 4.78 is 5.09. The minimum Gasteiger partial charge on any atom is -0.497 e. The molecule has 1 N–H and O–H groups in total. The van der Waals surface area contributed by atoms with Gasteiger partial charge in [-0.15, -0.1) is 0 Å². The fourth-order valence-corrected chi connectivity index (χ4v) is 2.22. The van der Waals surface area contributed by atoms with Gasteiger partial charge in [-0.2, -0.15) is 5.10 Å². The summed E-state index contributed by atoms with van der Waals surface area (Å²) in [6.45, 7) is 6.53. The molecular formula is C20H24N2O2. The molecule has 0 saturated heterocycles. The van der Waals surface area contributed by atoms with E-state index in [0.29, 0.717) is 0 Å². The van der Waals surface area contributed by atoms with Crippen LogP contribution in [-0.4, -0.2) is 19.2 Å². The summed E-state index contributed by atoms with van der Waals surface area (Å²) in [6.07, 6.45) is 1.93. The highest BCUT2D eigenvalue weighted by Gasteiger charge is 2.12. The molecule has 126 valence electrons. The van der Waals surface area contributed by atoms with Crippen LogP contribution in [-0.2, 0) is 16.6 Å². The van der Waals surface area contributed by atoms with Gasteiger partial charge in [-0.05, 0) is 34.2 Å². The van der Waals surface area contributed by atoms with Gasteiger partial charge >= 0.3 is 0 Å². The highest BCUT2D eigenvalue weighted by atomic mass is 16.5. The lowest BCUT2D eigenvalue weighted by molar-refractivity contribution is -0.120. The zero-order chi connectivity index (χ0) is 17.6. The maximum atomic E-state index is 11.9. The van der Waals surface area contributed by atoms with Gasteiger partial charge in [0, 0.05) is 0 Å².